The normalized spacial score (nSPS) is 18.8. The highest BCUT2D eigenvalue weighted by Gasteiger charge is 2.14. The third kappa shape index (κ3) is 4.80. The molecule has 0 aromatic carbocycles. The zero-order valence-electron chi connectivity index (χ0n) is 7.74. The van der Waals surface area contributed by atoms with Crippen LogP contribution in [0.2, 0.25) is 0 Å². The van der Waals surface area contributed by atoms with Gasteiger partial charge in [0.2, 0.25) is 0 Å². The van der Waals surface area contributed by atoms with E-state index in [1.807, 2.05) is 10.8 Å². The molecule has 4 heteroatoms. The summed E-state index contributed by atoms with van der Waals surface area (Å²) < 4.78 is 1.75. The molecule has 1 radical (unpaired) electrons. The van der Waals surface area contributed by atoms with Crippen molar-refractivity contribution in [1.82, 2.24) is 4.31 Å². The molecule has 0 unspecified atom stereocenters. The summed E-state index contributed by atoms with van der Waals surface area (Å²) >= 11 is 0. The van der Waals surface area contributed by atoms with E-state index in [4.69, 9.17) is 5.26 Å². The molecule has 13 heavy (non-hydrogen) atoms. The van der Waals surface area contributed by atoms with Crippen LogP contribution in [0.1, 0.15) is 32.1 Å². The van der Waals surface area contributed by atoms with Crippen LogP contribution in [0, 0.1) is 18.4 Å². The van der Waals surface area contributed by atoms with E-state index in [2.05, 4.69) is 13.1 Å². The van der Waals surface area contributed by atoms with Crippen LogP contribution in [-0.4, -0.2) is 16.1 Å². The molecule has 0 spiro atoms. The van der Waals surface area contributed by atoms with Crippen molar-refractivity contribution < 1.29 is 0 Å². The van der Waals surface area contributed by atoms with Crippen molar-refractivity contribution in [2.75, 3.05) is 6.54 Å². The zero-order valence-corrected chi connectivity index (χ0v) is 9.37. The predicted molar refractivity (Wildman–Crippen MR) is 59.7 cm³/mol. The average Bonchev–Trinajstić information content (AvgIpc) is 2.17. The topological polar surface area (TPSA) is 27.0 Å². The molecule has 1 rings (SSSR count). The Morgan fingerprint density at radius 3 is 2.69 bits per heavy atom. The predicted octanol–water partition coefficient (Wildman–Crippen LogP) is 3.23. The molecule has 0 aromatic heterocycles. The first kappa shape index (κ1) is 11.2. The zero-order chi connectivity index (χ0) is 9.52. The van der Waals surface area contributed by atoms with Crippen LogP contribution >= 0.6 is 21.8 Å². The van der Waals surface area contributed by atoms with Gasteiger partial charge < -0.3 is 0 Å². The highest BCUT2D eigenvalue weighted by molar-refractivity contribution is 8.76. The van der Waals surface area contributed by atoms with E-state index in [1.54, 1.807) is 15.3 Å². The molecular formula is C9H15N2S2. The maximum absolute atomic E-state index is 8.42. The molecule has 0 atom stereocenters. The minimum absolute atomic E-state index is 0.407. The lowest BCUT2D eigenvalue weighted by Crippen LogP contribution is -2.10. The van der Waals surface area contributed by atoms with Gasteiger partial charge in [0.05, 0.1) is 12.6 Å². The first-order valence-electron chi connectivity index (χ1n) is 4.61. The highest BCUT2D eigenvalue weighted by Crippen LogP contribution is 2.37. The molecule has 0 bridgehead atoms. The van der Waals surface area contributed by atoms with E-state index in [-0.39, 0.29) is 0 Å². The van der Waals surface area contributed by atoms with Gasteiger partial charge in [0.1, 0.15) is 0 Å². The van der Waals surface area contributed by atoms with Crippen LogP contribution in [0.4, 0.5) is 0 Å². The number of hydrogen-bond donors (Lipinski definition) is 0. The van der Waals surface area contributed by atoms with Crippen molar-refractivity contribution in [3.05, 3.63) is 7.05 Å². The lowest BCUT2D eigenvalue weighted by molar-refractivity contribution is 0.517. The molecule has 1 aliphatic rings. The minimum Gasteiger partial charge on any atom is -0.226 e. The standard InChI is InChI=1S/C9H15N2S2/c1-11(8-7-10)13-12-9-5-3-2-4-6-9/h9H,1-6,8H2. The minimum atomic E-state index is 0.407. The summed E-state index contributed by atoms with van der Waals surface area (Å²) in [5.74, 6) is 0. The molecule has 1 aliphatic carbocycles. The van der Waals surface area contributed by atoms with Gasteiger partial charge in [-0.15, -0.1) is 0 Å². The van der Waals surface area contributed by atoms with Gasteiger partial charge in [0.15, 0.2) is 0 Å². The summed E-state index contributed by atoms with van der Waals surface area (Å²) in [7, 11) is 7.26. The van der Waals surface area contributed by atoms with Gasteiger partial charge in [-0.05, 0) is 23.8 Å². The molecule has 0 saturated heterocycles. The van der Waals surface area contributed by atoms with Crippen molar-refractivity contribution >= 4 is 21.8 Å². The van der Waals surface area contributed by atoms with Gasteiger partial charge in [0, 0.05) is 12.3 Å². The van der Waals surface area contributed by atoms with Crippen molar-refractivity contribution in [2.45, 2.75) is 37.4 Å². The smallest absolute Gasteiger partial charge is 0.0970 e. The molecule has 0 aliphatic heterocycles. The molecule has 73 valence electrons. The third-order valence-electron chi connectivity index (χ3n) is 2.08. The third-order valence-corrected chi connectivity index (χ3v) is 4.96. The summed E-state index contributed by atoms with van der Waals surface area (Å²) in [6, 6.07) is 2.08. The van der Waals surface area contributed by atoms with Gasteiger partial charge in [-0.1, -0.05) is 30.1 Å². The summed E-state index contributed by atoms with van der Waals surface area (Å²) in [6.45, 7) is 0.407. The fourth-order valence-electron chi connectivity index (χ4n) is 1.39. The van der Waals surface area contributed by atoms with Crippen LogP contribution in [0.3, 0.4) is 0 Å². The molecular weight excluding hydrogens is 200 g/mol. The molecule has 0 aromatic rings. The number of rotatable bonds is 4. The van der Waals surface area contributed by atoms with Gasteiger partial charge in [-0.2, -0.15) is 5.26 Å². The van der Waals surface area contributed by atoms with E-state index < -0.39 is 0 Å². The van der Waals surface area contributed by atoms with Crippen LogP contribution < -0.4 is 0 Å². The Hall–Kier alpha value is 0.150. The first-order valence-corrected chi connectivity index (χ1v) is 6.78. The van der Waals surface area contributed by atoms with Gasteiger partial charge >= 0.3 is 0 Å². The summed E-state index contributed by atoms with van der Waals surface area (Å²) in [5, 5.41) is 9.20. The van der Waals surface area contributed by atoms with E-state index in [0.717, 1.165) is 5.25 Å². The second-order valence-electron chi connectivity index (χ2n) is 3.23. The number of nitrogens with zero attached hydrogens (tertiary/aromatic N) is 2. The van der Waals surface area contributed by atoms with Gasteiger partial charge in [-0.25, -0.2) is 4.31 Å². The van der Waals surface area contributed by atoms with Crippen molar-refractivity contribution in [3.63, 3.8) is 0 Å². The SMILES string of the molecule is [CH2]N(CC#N)SSC1CCCCC1. The van der Waals surface area contributed by atoms with E-state index in [0.29, 0.717) is 6.54 Å². The van der Waals surface area contributed by atoms with Crippen molar-refractivity contribution in [1.29, 1.82) is 5.26 Å². The maximum atomic E-state index is 8.42. The van der Waals surface area contributed by atoms with Crippen LogP contribution in [0.15, 0.2) is 0 Å². The second-order valence-corrected chi connectivity index (χ2v) is 5.78. The number of nitriles is 1. The fraction of sp³-hybridized carbons (Fsp3) is 0.778. The summed E-state index contributed by atoms with van der Waals surface area (Å²) in [5.41, 5.74) is 0. The Labute approximate surface area is 88.6 Å². The van der Waals surface area contributed by atoms with E-state index in [1.165, 1.54) is 32.1 Å². The fourth-order valence-corrected chi connectivity index (χ4v) is 3.73. The van der Waals surface area contributed by atoms with Gasteiger partial charge in [0.25, 0.3) is 0 Å². The lowest BCUT2D eigenvalue weighted by atomic mass is 10.0. The lowest BCUT2D eigenvalue weighted by Gasteiger charge is -2.21. The first-order chi connectivity index (χ1) is 6.33. The molecule has 0 amide bonds. The van der Waals surface area contributed by atoms with Crippen LogP contribution in [0.5, 0.6) is 0 Å². The van der Waals surface area contributed by atoms with Crippen LogP contribution in [0.25, 0.3) is 0 Å². The maximum Gasteiger partial charge on any atom is 0.0970 e. The van der Waals surface area contributed by atoms with E-state index >= 15 is 0 Å². The number of hydrogen-bond acceptors (Lipinski definition) is 4. The molecule has 0 heterocycles. The Balaban J connectivity index is 2.07. The quantitative estimate of drug-likeness (QED) is 0.409. The Kier molecular flexibility index (Phi) is 5.68. The van der Waals surface area contributed by atoms with Crippen LogP contribution in [-0.2, 0) is 0 Å². The molecule has 1 saturated carbocycles. The highest BCUT2D eigenvalue weighted by atomic mass is 33.1. The monoisotopic (exact) mass is 215 g/mol. The van der Waals surface area contributed by atoms with Gasteiger partial charge in [-0.3, -0.25) is 0 Å². The molecule has 1 fully saturated rings. The Morgan fingerprint density at radius 1 is 1.38 bits per heavy atom. The van der Waals surface area contributed by atoms with Crippen molar-refractivity contribution in [2.24, 2.45) is 0 Å². The summed E-state index contributed by atoms with van der Waals surface area (Å²) in [4.78, 5) is 0. The largest absolute Gasteiger partial charge is 0.226 e. The summed E-state index contributed by atoms with van der Waals surface area (Å²) in [6.07, 6.45) is 6.80. The van der Waals surface area contributed by atoms with E-state index in [9.17, 15) is 0 Å². The van der Waals surface area contributed by atoms with Crippen molar-refractivity contribution in [3.8, 4) is 6.07 Å². The second kappa shape index (κ2) is 6.58. The Bertz CT molecular complexity index is 173. The molecule has 0 N–H and O–H groups in total. The molecule has 2 nitrogen and oxygen atoms in total. The Morgan fingerprint density at radius 2 is 2.08 bits per heavy atom. The average molecular weight is 215 g/mol.